The first-order valence-electron chi connectivity index (χ1n) is 6.87. The highest BCUT2D eigenvalue weighted by molar-refractivity contribution is 14.0. The first-order chi connectivity index (χ1) is 9.63. The fourth-order valence-corrected chi connectivity index (χ4v) is 1.93. The van der Waals surface area contributed by atoms with Gasteiger partial charge in [-0.3, -0.25) is 0 Å². The first-order valence-corrected chi connectivity index (χ1v) is 6.87. The highest BCUT2D eigenvalue weighted by Crippen LogP contribution is 2.28. The third-order valence-corrected chi connectivity index (χ3v) is 3.37. The van der Waals surface area contributed by atoms with Crippen LogP contribution < -0.4 is 10.6 Å². The maximum absolute atomic E-state index is 13.7. The quantitative estimate of drug-likeness (QED) is 0.463. The van der Waals surface area contributed by atoms with E-state index in [1.807, 2.05) is 13.0 Å². The SMILES string of the molecule is CCNC(=NCc1ccc(C#N)cc1F)NC1CC1C.I. The second-order valence-electron chi connectivity index (χ2n) is 5.08. The van der Waals surface area contributed by atoms with Crippen molar-refractivity contribution in [3.63, 3.8) is 0 Å². The maximum atomic E-state index is 13.7. The van der Waals surface area contributed by atoms with Crippen LogP contribution in [0.15, 0.2) is 23.2 Å². The fourth-order valence-electron chi connectivity index (χ4n) is 1.93. The van der Waals surface area contributed by atoms with Crippen LogP contribution in [0.2, 0.25) is 0 Å². The number of rotatable bonds is 4. The summed E-state index contributed by atoms with van der Waals surface area (Å²) in [6.45, 7) is 5.20. The number of nitriles is 1. The fraction of sp³-hybridized carbons (Fsp3) is 0.467. The van der Waals surface area contributed by atoms with Gasteiger partial charge in [0.25, 0.3) is 0 Å². The molecule has 0 aliphatic heterocycles. The molecule has 0 saturated heterocycles. The summed E-state index contributed by atoms with van der Waals surface area (Å²) in [7, 11) is 0. The Morgan fingerprint density at radius 2 is 2.24 bits per heavy atom. The molecule has 1 fully saturated rings. The Kier molecular flexibility index (Phi) is 6.89. The van der Waals surface area contributed by atoms with Crippen LogP contribution in [0.3, 0.4) is 0 Å². The molecule has 0 radical (unpaired) electrons. The van der Waals surface area contributed by atoms with Crippen LogP contribution in [0.5, 0.6) is 0 Å². The van der Waals surface area contributed by atoms with E-state index in [0.717, 1.165) is 13.0 Å². The molecule has 114 valence electrons. The lowest BCUT2D eigenvalue weighted by Crippen LogP contribution is -2.39. The molecular weight excluding hydrogens is 382 g/mol. The average Bonchev–Trinajstić information content (AvgIpc) is 3.12. The summed E-state index contributed by atoms with van der Waals surface area (Å²) in [6.07, 6.45) is 1.15. The van der Waals surface area contributed by atoms with Gasteiger partial charge in [0.2, 0.25) is 0 Å². The molecule has 1 aromatic carbocycles. The topological polar surface area (TPSA) is 60.2 Å². The summed E-state index contributed by atoms with van der Waals surface area (Å²) < 4.78 is 13.7. The number of hydrogen-bond acceptors (Lipinski definition) is 2. The Balaban J connectivity index is 0.00000220. The van der Waals surface area contributed by atoms with E-state index in [2.05, 4.69) is 22.5 Å². The van der Waals surface area contributed by atoms with E-state index in [-0.39, 0.29) is 36.3 Å². The summed E-state index contributed by atoms with van der Waals surface area (Å²) in [5.74, 6) is 1.000. The van der Waals surface area contributed by atoms with Gasteiger partial charge in [-0.05, 0) is 31.4 Å². The molecule has 6 heteroatoms. The largest absolute Gasteiger partial charge is 0.357 e. The van der Waals surface area contributed by atoms with E-state index in [1.165, 1.54) is 6.07 Å². The highest BCUT2D eigenvalue weighted by Gasteiger charge is 2.33. The van der Waals surface area contributed by atoms with Gasteiger partial charge in [0.15, 0.2) is 5.96 Å². The zero-order valence-electron chi connectivity index (χ0n) is 12.2. The van der Waals surface area contributed by atoms with Crippen molar-refractivity contribution in [2.45, 2.75) is 32.9 Å². The third-order valence-electron chi connectivity index (χ3n) is 3.37. The van der Waals surface area contributed by atoms with E-state index >= 15 is 0 Å². The predicted molar refractivity (Wildman–Crippen MR) is 92.1 cm³/mol. The van der Waals surface area contributed by atoms with Crippen LogP contribution >= 0.6 is 24.0 Å². The summed E-state index contributed by atoms with van der Waals surface area (Å²) >= 11 is 0. The Hall–Kier alpha value is -1.36. The molecule has 1 aromatic rings. The minimum Gasteiger partial charge on any atom is -0.357 e. The van der Waals surface area contributed by atoms with Crippen LogP contribution in [0.25, 0.3) is 0 Å². The zero-order chi connectivity index (χ0) is 14.5. The van der Waals surface area contributed by atoms with E-state index in [9.17, 15) is 4.39 Å². The van der Waals surface area contributed by atoms with Gasteiger partial charge in [-0.2, -0.15) is 5.26 Å². The van der Waals surface area contributed by atoms with Crippen molar-refractivity contribution in [2.75, 3.05) is 6.54 Å². The lowest BCUT2D eigenvalue weighted by molar-refractivity contribution is 0.609. The first kappa shape index (κ1) is 17.7. The molecule has 0 bridgehead atoms. The monoisotopic (exact) mass is 402 g/mol. The Morgan fingerprint density at radius 1 is 1.52 bits per heavy atom. The van der Waals surface area contributed by atoms with Gasteiger partial charge in [-0.15, -0.1) is 24.0 Å². The van der Waals surface area contributed by atoms with Crippen LogP contribution in [0.4, 0.5) is 4.39 Å². The van der Waals surface area contributed by atoms with Gasteiger partial charge < -0.3 is 10.6 Å². The number of guanidine groups is 1. The molecular formula is C15H20FIN4. The summed E-state index contributed by atoms with van der Waals surface area (Å²) in [5.41, 5.74) is 0.817. The molecule has 1 aliphatic carbocycles. The Morgan fingerprint density at radius 3 is 2.76 bits per heavy atom. The van der Waals surface area contributed by atoms with Gasteiger partial charge in [0.05, 0.1) is 18.2 Å². The van der Waals surface area contributed by atoms with Crippen LogP contribution in [0, 0.1) is 23.1 Å². The Labute approximate surface area is 141 Å². The van der Waals surface area contributed by atoms with Crippen LogP contribution in [-0.2, 0) is 6.54 Å². The predicted octanol–water partition coefficient (Wildman–Crippen LogP) is 2.78. The number of benzene rings is 1. The average molecular weight is 402 g/mol. The number of halogens is 2. The summed E-state index contributed by atoms with van der Waals surface area (Å²) in [4.78, 5) is 4.39. The van der Waals surface area contributed by atoms with Crippen molar-refractivity contribution < 1.29 is 4.39 Å². The molecule has 4 nitrogen and oxygen atoms in total. The van der Waals surface area contributed by atoms with E-state index < -0.39 is 0 Å². The number of aliphatic imine (C=N–C) groups is 1. The summed E-state index contributed by atoms with van der Waals surface area (Å²) in [6, 6.07) is 6.85. The smallest absolute Gasteiger partial charge is 0.191 e. The van der Waals surface area contributed by atoms with Crippen LogP contribution in [-0.4, -0.2) is 18.5 Å². The van der Waals surface area contributed by atoms with Crippen molar-refractivity contribution >= 4 is 29.9 Å². The van der Waals surface area contributed by atoms with Crippen molar-refractivity contribution in [3.05, 3.63) is 35.1 Å². The molecule has 2 rings (SSSR count). The number of nitrogens with zero attached hydrogens (tertiary/aromatic N) is 2. The minimum absolute atomic E-state index is 0. The molecule has 2 N–H and O–H groups in total. The molecule has 0 aromatic heterocycles. The summed E-state index contributed by atoms with van der Waals surface area (Å²) in [5, 5.41) is 15.2. The van der Waals surface area contributed by atoms with Gasteiger partial charge in [-0.25, -0.2) is 9.38 Å². The van der Waals surface area contributed by atoms with E-state index in [4.69, 9.17) is 5.26 Å². The van der Waals surface area contributed by atoms with Gasteiger partial charge in [-0.1, -0.05) is 13.0 Å². The molecule has 0 spiro atoms. The highest BCUT2D eigenvalue weighted by atomic mass is 127. The molecule has 1 saturated carbocycles. The lowest BCUT2D eigenvalue weighted by atomic mass is 10.1. The molecule has 0 heterocycles. The normalized spacial score (nSPS) is 20.2. The van der Waals surface area contributed by atoms with Crippen molar-refractivity contribution in [1.29, 1.82) is 5.26 Å². The molecule has 1 aliphatic rings. The maximum Gasteiger partial charge on any atom is 0.191 e. The number of hydrogen-bond donors (Lipinski definition) is 2. The lowest BCUT2D eigenvalue weighted by Gasteiger charge is -2.10. The van der Waals surface area contributed by atoms with Gasteiger partial charge in [0.1, 0.15) is 5.82 Å². The minimum atomic E-state index is -0.386. The van der Waals surface area contributed by atoms with Crippen molar-refractivity contribution in [2.24, 2.45) is 10.9 Å². The van der Waals surface area contributed by atoms with Gasteiger partial charge >= 0.3 is 0 Å². The second kappa shape index (κ2) is 8.17. The van der Waals surface area contributed by atoms with E-state index in [0.29, 0.717) is 29.0 Å². The molecule has 0 amide bonds. The van der Waals surface area contributed by atoms with Crippen LogP contribution in [0.1, 0.15) is 31.4 Å². The van der Waals surface area contributed by atoms with Crippen molar-refractivity contribution in [1.82, 2.24) is 10.6 Å². The molecule has 2 atom stereocenters. The zero-order valence-corrected chi connectivity index (χ0v) is 14.5. The van der Waals surface area contributed by atoms with E-state index in [1.54, 1.807) is 12.1 Å². The Bertz CT molecular complexity index is 553. The number of nitrogens with one attached hydrogen (secondary N) is 2. The standard InChI is InChI=1S/C15H19FN4.HI/c1-3-18-15(20-14-6-10(14)2)19-9-12-5-4-11(8-17)7-13(12)16;/h4-5,7,10,14H,3,6,9H2,1-2H3,(H2,18,19,20);1H. The molecule has 2 unspecified atom stereocenters. The second-order valence-corrected chi connectivity index (χ2v) is 5.08. The molecule has 21 heavy (non-hydrogen) atoms. The van der Waals surface area contributed by atoms with Crippen molar-refractivity contribution in [3.8, 4) is 6.07 Å². The third kappa shape index (κ3) is 5.16. The van der Waals surface area contributed by atoms with Gasteiger partial charge in [0, 0.05) is 18.2 Å².